The normalized spacial score (nSPS) is 28.6. The Labute approximate surface area is 109 Å². The van der Waals surface area contributed by atoms with Crippen LogP contribution in [0.4, 0.5) is 0 Å². The van der Waals surface area contributed by atoms with Crippen molar-refractivity contribution in [2.75, 3.05) is 20.2 Å². The van der Waals surface area contributed by atoms with Gasteiger partial charge in [0.2, 0.25) is 0 Å². The van der Waals surface area contributed by atoms with Crippen molar-refractivity contribution in [3.8, 4) is 0 Å². The smallest absolute Gasteiger partial charge is 0.109 e. The van der Waals surface area contributed by atoms with Crippen molar-refractivity contribution in [3.05, 3.63) is 17.7 Å². The SMILES string of the molecule is CN1CCCC1Cc1cn2c(n1)CC(CO)CC2. The molecule has 1 N–H and O–H groups in total. The summed E-state index contributed by atoms with van der Waals surface area (Å²) in [5.41, 5.74) is 1.24. The first kappa shape index (κ1) is 12.2. The molecular formula is C14H23N3O. The van der Waals surface area contributed by atoms with Crippen molar-refractivity contribution < 1.29 is 5.11 Å². The second kappa shape index (κ2) is 5.02. The molecule has 3 heterocycles. The van der Waals surface area contributed by atoms with Gasteiger partial charge in [0, 0.05) is 38.2 Å². The van der Waals surface area contributed by atoms with Crippen LogP contribution in [0.3, 0.4) is 0 Å². The summed E-state index contributed by atoms with van der Waals surface area (Å²) in [6.07, 6.45) is 7.97. The Morgan fingerprint density at radius 2 is 2.28 bits per heavy atom. The molecule has 3 rings (SSSR count). The average molecular weight is 249 g/mol. The van der Waals surface area contributed by atoms with Gasteiger partial charge in [0.15, 0.2) is 0 Å². The Balaban J connectivity index is 1.69. The van der Waals surface area contributed by atoms with Crippen LogP contribution in [0.2, 0.25) is 0 Å². The Bertz CT molecular complexity index is 415. The van der Waals surface area contributed by atoms with Gasteiger partial charge in [-0.15, -0.1) is 0 Å². The Morgan fingerprint density at radius 3 is 3.00 bits per heavy atom. The molecule has 0 aliphatic carbocycles. The molecule has 1 aromatic rings. The van der Waals surface area contributed by atoms with Crippen molar-refractivity contribution in [3.63, 3.8) is 0 Å². The van der Waals surface area contributed by atoms with Gasteiger partial charge < -0.3 is 14.6 Å². The molecule has 0 spiro atoms. The number of rotatable bonds is 3. The lowest BCUT2D eigenvalue weighted by Gasteiger charge is -2.20. The summed E-state index contributed by atoms with van der Waals surface area (Å²) in [5.74, 6) is 1.60. The van der Waals surface area contributed by atoms with Crippen LogP contribution in [0.1, 0.15) is 30.8 Å². The van der Waals surface area contributed by atoms with Gasteiger partial charge in [-0.1, -0.05) is 0 Å². The molecule has 2 aliphatic heterocycles. The van der Waals surface area contributed by atoms with E-state index < -0.39 is 0 Å². The molecule has 1 aromatic heterocycles. The minimum atomic E-state index is 0.299. The molecule has 1 saturated heterocycles. The highest BCUT2D eigenvalue weighted by atomic mass is 16.3. The summed E-state index contributed by atoms with van der Waals surface area (Å²) in [5, 5.41) is 9.24. The quantitative estimate of drug-likeness (QED) is 0.871. The van der Waals surface area contributed by atoms with E-state index >= 15 is 0 Å². The summed E-state index contributed by atoms with van der Waals surface area (Å²) >= 11 is 0. The van der Waals surface area contributed by atoms with E-state index in [9.17, 15) is 5.11 Å². The first-order chi connectivity index (χ1) is 8.76. The van der Waals surface area contributed by atoms with Crippen LogP contribution in [-0.2, 0) is 19.4 Å². The van der Waals surface area contributed by atoms with E-state index in [-0.39, 0.29) is 0 Å². The highest BCUT2D eigenvalue weighted by molar-refractivity contribution is 5.09. The number of nitrogens with zero attached hydrogens (tertiary/aromatic N) is 3. The summed E-state index contributed by atoms with van der Waals surface area (Å²) < 4.78 is 2.29. The number of imidazole rings is 1. The van der Waals surface area contributed by atoms with Crippen molar-refractivity contribution >= 4 is 0 Å². The molecule has 0 amide bonds. The molecule has 4 heteroatoms. The van der Waals surface area contributed by atoms with E-state index in [4.69, 9.17) is 4.98 Å². The first-order valence-electron chi connectivity index (χ1n) is 7.12. The highest BCUT2D eigenvalue weighted by Gasteiger charge is 2.24. The molecule has 4 nitrogen and oxygen atoms in total. The van der Waals surface area contributed by atoms with Gasteiger partial charge in [-0.2, -0.15) is 0 Å². The van der Waals surface area contributed by atoms with E-state index in [1.54, 1.807) is 0 Å². The third-order valence-corrected chi connectivity index (χ3v) is 4.53. The molecule has 0 radical (unpaired) electrons. The van der Waals surface area contributed by atoms with Crippen LogP contribution < -0.4 is 0 Å². The zero-order chi connectivity index (χ0) is 12.5. The fourth-order valence-corrected chi connectivity index (χ4v) is 3.28. The van der Waals surface area contributed by atoms with Crippen LogP contribution >= 0.6 is 0 Å². The van der Waals surface area contributed by atoms with E-state index in [0.717, 1.165) is 25.8 Å². The molecule has 2 unspecified atom stereocenters. The fourth-order valence-electron chi connectivity index (χ4n) is 3.28. The van der Waals surface area contributed by atoms with Gasteiger partial charge in [-0.05, 0) is 38.8 Å². The number of aromatic nitrogens is 2. The second-order valence-corrected chi connectivity index (χ2v) is 5.86. The minimum absolute atomic E-state index is 0.299. The zero-order valence-corrected chi connectivity index (χ0v) is 11.2. The molecule has 2 atom stereocenters. The van der Waals surface area contributed by atoms with Gasteiger partial charge in [-0.3, -0.25) is 0 Å². The van der Waals surface area contributed by atoms with E-state index in [0.29, 0.717) is 18.6 Å². The Hall–Kier alpha value is -0.870. The van der Waals surface area contributed by atoms with E-state index in [1.165, 1.54) is 30.9 Å². The lowest BCUT2D eigenvalue weighted by molar-refractivity contribution is 0.199. The predicted octanol–water partition coefficient (Wildman–Crippen LogP) is 1.07. The first-order valence-corrected chi connectivity index (χ1v) is 7.12. The number of aryl methyl sites for hydroxylation is 1. The van der Waals surface area contributed by atoms with E-state index in [1.807, 2.05) is 0 Å². The van der Waals surface area contributed by atoms with Gasteiger partial charge in [0.05, 0.1) is 5.69 Å². The average Bonchev–Trinajstić information content (AvgIpc) is 2.95. The van der Waals surface area contributed by atoms with Crippen LogP contribution in [0.15, 0.2) is 6.20 Å². The van der Waals surface area contributed by atoms with Crippen molar-refractivity contribution in [1.29, 1.82) is 0 Å². The third kappa shape index (κ3) is 2.31. The maximum Gasteiger partial charge on any atom is 0.109 e. The summed E-state index contributed by atoms with van der Waals surface area (Å²) in [4.78, 5) is 7.23. The van der Waals surface area contributed by atoms with Crippen LogP contribution in [0.25, 0.3) is 0 Å². The maximum absolute atomic E-state index is 9.24. The zero-order valence-electron chi connectivity index (χ0n) is 11.2. The van der Waals surface area contributed by atoms with E-state index in [2.05, 4.69) is 22.7 Å². The standard InChI is InChI=1S/C14H23N3O/c1-16-5-2-3-13(16)8-12-9-17-6-4-11(10-18)7-14(17)15-12/h9,11,13,18H,2-8,10H2,1H3. The number of aliphatic hydroxyl groups is 1. The Morgan fingerprint density at radius 1 is 1.39 bits per heavy atom. The topological polar surface area (TPSA) is 41.3 Å². The van der Waals surface area contributed by atoms with Gasteiger partial charge >= 0.3 is 0 Å². The minimum Gasteiger partial charge on any atom is -0.396 e. The second-order valence-electron chi connectivity index (χ2n) is 5.86. The third-order valence-electron chi connectivity index (χ3n) is 4.53. The van der Waals surface area contributed by atoms with Gasteiger partial charge in [0.25, 0.3) is 0 Å². The number of aliphatic hydroxyl groups excluding tert-OH is 1. The summed E-state index contributed by atoms with van der Waals surface area (Å²) in [6, 6.07) is 0.676. The van der Waals surface area contributed by atoms with Crippen LogP contribution in [0, 0.1) is 5.92 Å². The molecule has 0 bridgehead atoms. The summed E-state index contributed by atoms with van der Waals surface area (Å²) in [7, 11) is 2.22. The highest BCUT2D eigenvalue weighted by Crippen LogP contribution is 2.23. The Kier molecular flexibility index (Phi) is 3.39. The lowest BCUT2D eigenvalue weighted by Crippen LogP contribution is -2.26. The summed E-state index contributed by atoms with van der Waals surface area (Å²) in [6.45, 7) is 2.55. The molecule has 0 saturated carbocycles. The van der Waals surface area contributed by atoms with Crippen LogP contribution in [-0.4, -0.2) is 45.8 Å². The van der Waals surface area contributed by atoms with Crippen molar-refractivity contribution in [2.24, 2.45) is 5.92 Å². The molecule has 0 aromatic carbocycles. The van der Waals surface area contributed by atoms with Crippen LogP contribution in [0.5, 0.6) is 0 Å². The van der Waals surface area contributed by atoms with Crippen molar-refractivity contribution in [2.45, 2.75) is 44.7 Å². The molecule has 2 aliphatic rings. The molecular weight excluding hydrogens is 226 g/mol. The van der Waals surface area contributed by atoms with Crippen molar-refractivity contribution in [1.82, 2.24) is 14.5 Å². The fraction of sp³-hybridized carbons (Fsp3) is 0.786. The number of hydrogen-bond acceptors (Lipinski definition) is 3. The lowest BCUT2D eigenvalue weighted by atomic mass is 9.99. The predicted molar refractivity (Wildman–Crippen MR) is 70.5 cm³/mol. The molecule has 100 valence electrons. The monoisotopic (exact) mass is 249 g/mol. The van der Waals surface area contributed by atoms with Gasteiger partial charge in [0.1, 0.15) is 5.82 Å². The maximum atomic E-state index is 9.24. The largest absolute Gasteiger partial charge is 0.396 e. The number of hydrogen-bond donors (Lipinski definition) is 1. The molecule has 1 fully saturated rings. The number of fused-ring (bicyclic) bond motifs is 1. The number of likely N-dealkylation sites (tertiary alicyclic amines) is 1. The molecule has 18 heavy (non-hydrogen) atoms. The number of likely N-dealkylation sites (N-methyl/N-ethyl adjacent to an activating group) is 1. The van der Waals surface area contributed by atoms with Gasteiger partial charge in [-0.25, -0.2) is 4.98 Å².